The minimum absolute atomic E-state index is 0.0500. The third kappa shape index (κ3) is 4.40. The summed E-state index contributed by atoms with van der Waals surface area (Å²) in [6.45, 7) is 15.0. The normalized spacial score (nSPS) is 24.2. The summed E-state index contributed by atoms with van der Waals surface area (Å²) in [5.41, 5.74) is -0.0500. The number of hydrogen-bond acceptors (Lipinski definition) is 2. The fourth-order valence-corrected chi connectivity index (χ4v) is 3.38. The van der Waals surface area contributed by atoms with Gasteiger partial charge in [-0.3, -0.25) is 0 Å². The Kier molecular flexibility index (Phi) is 5.78. The lowest BCUT2D eigenvalue weighted by Crippen LogP contribution is -2.51. The summed E-state index contributed by atoms with van der Waals surface area (Å²) in [6.07, 6.45) is 5.15. The second-order valence-electron chi connectivity index (χ2n) is 6.90. The molecule has 2 unspecified atom stereocenters. The topological polar surface area (TPSA) is 38.3 Å². The number of ether oxygens (including phenoxy) is 1. The molecular formula is C15H29NO2S. The molecule has 4 heteroatoms. The van der Waals surface area contributed by atoms with E-state index in [1.165, 1.54) is 0 Å². The van der Waals surface area contributed by atoms with Crippen LogP contribution in [-0.2, 0) is 15.7 Å². The molecule has 1 heterocycles. The zero-order valence-electron chi connectivity index (χ0n) is 13.0. The molecule has 0 aliphatic carbocycles. The van der Waals surface area contributed by atoms with E-state index in [2.05, 4.69) is 25.1 Å². The van der Waals surface area contributed by atoms with Crippen molar-refractivity contribution in [2.75, 3.05) is 6.61 Å². The van der Waals surface area contributed by atoms with E-state index in [-0.39, 0.29) is 22.3 Å². The zero-order chi connectivity index (χ0) is 14.7. The summed E-state index contributed by atoms with van der Waals surface area (Å²) >= 11 is 0. The Morgan fingerprint density at radius 1 is 1.42 bits per heavy atom. The van der Waals surface area contributed by atoms with Gasteiger partial charge in [-0.15, -0.1) is 6.58 Å². The first-order valence-corrected chi connectivity index (χ1v) is 8.25. The molecule has 0 amide bonds. The minimum Gasteiger partial charge on any atom is -0.378 e. The van der Waals surface area contributed by atoms with Gasteiger partial charge in [-0.2, -0.15) is 0 Å². The number of nitrogens with one attached hydrogen (secondary N) is 1. The second-order valence-corrected chi connectivity index (χ2v) is 8.90. The predicted molar refractivity (Wildman–Crippen MR) is 82.4 cm³/mol. The zero-order valence-corrected chi connectivity index (χ0v) is 13.8. The first kappa shape index (κ1) is 16.9. The van der Waals surface area contributed by atoms with Crippen molar-refractivity contribution in [1.29, 1.82) is 0 Å². The van der Waals surface area contributed by atoms with Crippen molar-refractivity contribution in [1.82, 2.24) is 4.72 Å². The van der Waals surface area contributed by atoms with E-state index in [4.69, 9.17) is 4.74 Å². The Morgan fingerprint density at radius 3 is 2.47 bits per heavy atom. The summed E-state index contributed by atoms with van der Waals surface area (Å²) in [7, 11) is -1.07. The van der Waals surface area contributed by atoms with Crippen LogP contribution in [0.2, 0.25) is 0 Å². The van der Waals surface area contributed by atoms with Crippen molar-refractivity contribution in [2.45, 2.75) is 70.8 Å². The fourth-order valence-electron chi connectivity index (χ4n) is 2.37. The van der Waals surface area contributed by atoms with E-state index < -0.39 is 11.0 Å². The highest BCUT2D eigenvalue weighted by atomic mass is 32.2. The van der Waals surface area contributed by atoms with E-state index in [0.29, 0.717) is 0 Å². The molecule has 0 spiro atoms. The van der Waals surface area contributed by atoms with E-state index in [1.54, 1.807) is 0 Å². The number of rotatable bonds is 6. The standard InChI is InChI=1S/C15H29NO2S/c1-7-9-12(16-19(17)14(2,3)4)15(5,6)13-10-8-11-18-13/h7,12-13,16H,1,8-11H2,2-6H3/t12?,13?,19-/m0/s1. The maximum Gasteiger partial charge on any atom is 0.0973 e. The minimum atomic E-state index is -1.07. The molecule has 0 radical (unpaired) electrons. The predicted octanol–water partition coefficient (Wildman–Crippen LogP) is 3.19. The molecule has 1 rings (SSSR count). The molecule has 0 bridgehead atoms. The maximum absolute atomic E-state index is 12.3. The highest BCUT2D eigenvalue weighted by Gasteiger charge is 2.40. The van der Waals surface area contributed by atoms with Crippen LogP contribution in [0.15, 0.2) is 12.7 Å². The van der Waals surface area contributed by atoms with Gasteiger partial charge in [0.25, 0.3) is 0 Å². The Morgan fingerprint density at radius 2 is 2.05 bits per heavy atom. The van der Waals surface area contributed by atoms with Crippen molar-refractivity contribution in [3.8, 4) is 0 Å². The van der Waals surface area contributed by atoms with Crippen molar-refractivity contribution in [3.05, 3.63) is 12.7 Å². The van der Waals surface area contributed by atoms with Gasteiger partial charge in [-0.1, -0.05) is 19.9 Å². The molecule has 1 aliphatic rings. The monoisotopic (exact) mass is 287 g/mol. The van der Waals surface area contributed by atoms with Crippen LogP contribution in [0.4, 0.5) is 0 Å². The van der Waals surface area contributed by atoms with Gasteiger partial charge in [0, 0.05) is 18.1 Å². The van der Waals surface area contributed by atoms with Crippen LogP contribution in [0, 0.1) is 5.41 Å². The Bertz CT molecular complexity index is 328. The Hall–Kier alpha value is -0.190. The summed E-state index contributed by atoms with van der Waals surface area (Å²) in [5.74, 6) is 0. The van der Waals surface area contributed by atoms with Gasteiger partial charge < -0.3 is 4.74 Å². The molecular weight excluding hydrogens is 258 g/mol. The van der Waals surface area contributed by atoms with Gasteiger partial charge in [-0.05, 0) is 40.0 Å². The third-order valence-electron chi connectivity index (χ3n) is 3.87. The van der Waals surface area contributed by atoms with Crippen LogP contribution >= 0.6 is 0 Å². The van der Waals surface area contributed by atoms with Crippen molar-refractivity contribution < 1.29 is 8.95 Å². The highest BCUT2D eigenvalue weighted by molar-refractivity contribution is 7.84. The summed E-state index contributed by atoms with van der Waals surface area (Å²) in [4.78, 5) is 0. The number of hydrogen-bond donors (Lipinski definition) is 1. The van der Waals surface area contributed by atoms with Crippen LogP contribution in [0.25, 0.3) is 0 Å². The van der Waals surface area contributed by atoms with Crippen molar-refractivity contribution >= 4 is 11.0 Å². The SMILES string of the molecule is C=CCC(N[S@@](=O)C(C)(C)C)C(C)(C)C1CCCO1. The molecule has 3 nitrogen and oxygen atoms in total. The second kappa shape index (κ2) is 6.51. The summed E-state index contributed by atoms with van der Waals surface area (Å²) in [6, 6.07) is 0.119. The Labute approximate surface area is 120 Å². The van der Waals surface area contributed by atoms with Gasteiger partial charge in [0.1, 0.15) is 0 Å². The third-order valence-corrected chi connectivity index (χ3v) is 5.48. The van der Waals surface area contributed by atoms with Gasteiger partial charge in [0.05, 0.1) is 21.8 Å². The molecule has 112 valence electrons. The fraction of sp³-hybridized carbons (Fsp3) is 0.867. The molecule has 0 saturated carbocycles. The molecule has 19 heavy (non-hydrogen) atoms. The van der Waals surface area contributed by atoms with E-state index in [1.807, 2.05) is 26.8 Å². The van der Waals surface area contributed by atoms with E-state index in [9.17, 15) is 4.21 Å². The highest BCUT2D eigenvalue weighted by Crippen LogP contribution is 2.36. The van der Waals surface area contributed by atoms with Crippen LogP contribution in [-0.4, -0.2) is 27.7 Å². The average Bonchev–Trinajstić information content (AvgIpc) is 2.80. The molecule has 1 aliphatic heterocycles. The molecule has 1 fully saturated rings. The van der Waals surface area contributed by atoms with Gasteiger partial charge in [-0.25, -0.2) is 8.93 Å². The van der Waals surface area contributed by atoms with Crippen LogP contribution in [0.3, 0.4) is 0 Å². The average molecular weight is 287 g/mol. The lowest BCUT2D eigenvalue weighted by molar-refractivity contribution is 0.00228. The first-order valence-electron chi connectivity index (χ1n) is 7.10. The lowest BCUT2D eigenvalue weighted by Gasteiger charge is -2.39. The van der Waals surface area contributed by atoms with E-state index in [0.717, 1.165) is 25.9 Å². The quantitative estimate of drug-likeness (QED) is 0.762. The summed E-state index contributed by atoms with van der Waals surface area (Å²) in [5, 5.41) is 0. The Balaban J connectivity index is 2.80. The lowest BCUT2D eigenvalue weighted by atomic mass is 9.77. The van der Waals surface area contributed by atoms with Gasteiger partial charge >= 0.3 is 0 Å². The van der Waals surface area contributed by atoms with Crippen molar-refractivity contribution in [3.63, 3.8) is 0 Å². The van der Waals surface area contributed by atoms with Gasteiger partial charge in [0.15, 0.2) is 0 Å². The molecule has 0 aromatic carbocycles. The maximum atomic E-state index is 12.3. The molecule has 0 aromatic heterocycles. The van der Waals surface area contributed by atoms with Gasteiger partial charge in [0.2, 0.25) is 0 Å². The van der Waals surface area contributed by atoms with E-state index >= 15 is 0 Å². The summed E-state index contributed by atoms with van der Waals surface area (Å²) < 4.78 is 21.2. The first-order chi connectivity index (χ1) is 8.69. The molecule has 3 atom stereocenters. The van der Waals surface area contributed by atoms with Crippen molar-refractivity contribution in [2.24, 2.45) is 5.41 Å². The van der Waals surface area contributed by atoms with Crippen LogP contribution < -0.4 is 4.72 Å². The molecule has 1 N–H and O–H groups in total. The van der Waals surface area contributed by atoms with Crippen LogP contribution in [0.5, 0.6) is 0 Å². The molecule has 1 saturated heterocycles. The van der Waals surface area contributed by atoms with Crippen LogP contribution in [0.1, 0.15) is 53.9 Å². The molecule has 0 aromatic rings. The largest absolute Gasteiger partial charge is 0.378 e. The smallest absolute Gasteiger partial charge is 0.0973 e.